The molecule has 0 aliphatic heterocycles. The van der Waals surface area contributed by atoms with Gasteiger partial charge in [-0.25, -0.2) is 13.2 Å². The molecule has 2 rings (SSSR count). The molecular weight excluding hydrogens is 219 g/mol. The minimum absolute atomic E-state index is 0.00215. The van der Waals surface area contributed by atoms with Crippen molar-refractivity contribution in [2.45, 2.75) is 31.7 Å². The number of allylic oxidation sites excluding steroid dienone is 4. The molecule has 0 aromatic heterocycles. The van der Waals surface area contributed by atoms with Gasteiger partial charge in [-0.1, -0.05) is 11.3 Å². The normalized spacial score (nSPS) is 28.1. The molecule has 0 aromatic rings. The minimum atomic E-state index is -3.15. The molecule has 0 saturated heterocycles. The van der Waals surface area contributed by atoms with Gasteiger partial charge in [-0.05, 0) is 29.7 Å². The van der Waals surface area contributed by atoms with Crippen LogP contribution in [-0.2, 0) is 0 Å². The second-order valence-corrected chi connectivity index (χ2v) is 4.07. The van der Waals surface area contributed by atoms with Crippen LogP contribution in [0.4, 0.5) is 13.2 Å². The molecule has 2 aliphatic carbocycles. The summed E-state index contributed by atoms with van der Waals surface area (Å²) in [5.41, 5.74) is 0.895. The van der Waals surface area contributed by atoms with Gasteiger partial charge in [0.2, 0.25) is 0 Å². The second-order valence-electron chi connectivity index (χ2n) is 4.07. The fourth-order valence-electron chi connectivity index (χ4n) is 2.21. The Kier molecular flexibility index (Phi) is 2.48. The van der Waals surface area contributed by atoms with Gasteiger partial charge in [-0.2, -0.15) is 0 Å². The molecule has 0 radical (unpaired) electrons. The Labute approximate surface area is 90.5 Å². The summed E-state index contributed by atoms with van der Waals surface area (Å²) in [5, 5.41) is 2.49. The summed E-state index contributed by atoms with van der Waals surface area (Å²) >= 11 is 0. The van der Waals surface area contributed by atoms with E-state index in [0.29, 0.717) is 11.1 Å². The average molecular weight is 229 g/mol. The Morgan fingerprint density at radius 2 is 2.19 bits per heavy atom. The van der Waals surface area contributed by atoms with E-state index in [1.165, 1.54) is 19.1 Å². The molecule has 1 fully saturated rings. The number of nitrogens with zero attached hydrogens (tertiary/aromatic N) is 1. The summed E-state index contributed by atoms with van der Waals surface area (Å²) in [6.07, 6.45) is 2.07. The Morgan fingerprint density at radius 1 is 1.50 bits per heavy atom. The molecule has 1 atom stereocenters. The van der Waals surface area contributed by atoms with E-state index in [-0.39, 0.29) is 17.8 Å². The molecule has 0 bridgehead atoms. The maximum absolute atomic E-state index is 13.4. The van der Waals surface area contributed by atoms with Crippen molar-refractivity contribution < 1.29 is 13.2 Å². The Hall–Kier alpha value is -1.39. The van der Waals surface area contributed by atoms with Crippen molar-refractivity contribution in [3.8, 4) is 0 Å². The van der Waals surface area contributed by atoms with Crippen molar-refractivity contribution in [2.75, 3.05) is 0 Å². The standard InChI is InChI=1S/C11H10F3NO/c1-6-4-8(12)3-2-7-5-11(13,14)10(15-16)9(6)7/h2,4,10H,3,5H2,1H3. The lowest BCUT2D eigenvalue weighted by atomic mass is 10.0. The predicted octanol–water partition coefficient (Wildman–Crippen LogP) is 3.66. The third-order valence-electron chi connectivity index (χ3n) is 2.89. The van der Waals surface area contributed by atoms with E-state index < -0.39 is 18.4 Å². The van der Waals surface area contributed by atoms with Crippen LogP contribution < -0.4 is 0 Å². The molecule has 1 saturated carbocycles. The van der Waals surface area contributed by atoms with Crippen LogP contribution in [0.5, 0.6) is 0 Å². The van der Waals surface area contributed by atoms with Crippen LogP contribution in [0.1, 0.15) is 19.8 Å². The number of rotatable bonds is 1. The fourth-order valence-corrected chi connectivity index (χ4v) is 2.21. The van der Waals surface area contributed by atoms with Gasteiger partial charge in [0.05, 0.1) is 0 Å². The molecule has 5 heteroatoms. The number of hydrogen-bond acceptors (Lipinski definition) is 2. The van der Waals surface area contributed by atoms with E-state index in [4.69, 9.17) is 0 Å². The van der Waals surface area contributed by atoms with E-state index in [1.807, 2.05) is 0 Å². The van der Waals surface area contributed by atoms with Crippen LogP contribution in [-0.4, -0.2) is 12.0 Å². The number of hydrogen-bond donors (Lipinski definition) is 0. The zero-order valence-electron chi connectivity index (χ0n) is 8.64. The molecule has 0 heterocycles. The SMILES string of the molecule is CC1=C2C(=CCC(F)=C1)CC(F)(F)C2N=O. The van der Waals surface area contributed by atoms with Crippen LogP contribution in [0.25, 0.3) is 0 Å². The van der Waals surface area contributed by atoms with E-state index in [9.17, 15) is 18.1 Å². The van der Waals surface area contributed by atoms with Crippen molar-refractivity contribution >= 4 is 0 Å². The summed E-state index contributed by atoms with van der Waals surface area (Å²) in [4.78, 5) is 10.5. The second kappa shape index (κ2) is 3.57. The maximum Gasteiger partial charge on any atom is 0.281 e. The van der Waals surface area contributed by atoms with Gasteiger partial charge in [0, 0.05) is 12.8 Å². The molecule has 86 valence electrons. The highest BCUT2D eigenvalue weighted by Crippen LogP contribution is 2.47. The highest BCUT2D eigenvalue weighted by Gasteiger charge is 2.51. The van der Waals surface area contributed by atoms with E-state index in [2.05, 4.69) is 5.18 Å². The monoisotopic (exact) mass is 229 g/mol. The lowest BCUT2D eigenvalue weighted by molar-refractivity contribution is 0.00168. The fraction of sp³-hybridized carbons (Fsp3) is 0.455. The first-order chi connectivity index (χ1) is 7.45. The zero-order chi connectivity index (χ0) is 11.9. The first kappa shape index (κ1) is 11.1. The van der Waals surface area contributed by atoms with Crippen LogP contribution in [0, 0.1) is 4.91 Å². The van der Waals surface area contributed by atoms with Crippen molar-refractivity contribution in [2.24, 2.45) is 5.18 Å². The maximum atomic E-state index is 13.4. The summed E-state index contributed by atoms with van der Waals surface area (Å²) < 4.78 is 40.0. The molecule has 1 unspecified atom stereocenters. The molecule has 2 aliphatic rings. The summed E-state index contributed by atoms with van der Waals surface area (Å²) in [5.74, 6) is -3.54. The third-order valence-corrected chi connectivity index (χ3v) is 2.89. The number of alkyl halides is 2. The summed E-state index contributed by atoms with van der Waals surface area (Å²) in [6, 6.07) is -1.68. The highest BCUT2D eigenvalue weighted by molar-refractivity contribution is 5.51. The van der Waals surface area contributed by atoms with Crippen molar-refractivity contribution in [1.82, 2.24) is 0 Å². The largest absolute Gasteiger partial charge is 0.281 e. The Bertz CT molecular complexity index is 435. The molecule has 0 spiro atoms. The minimum Gasteiger partial charge on any atom is -0.211 e. The van der Waals surface area contributed by atoms with Gasteiger partial charge in [-0.3, -0.25) is 0 Å². The van der Waals surface area contributed by atoms with Crippen molar-refractivity contribution in [3.05, 3.63) is 39.6 Å². The molecular formula is C11H10F3NO. The Morgan fingerprint density at radius 3 is 2.81 bits per heavy atom. The van der Waals surface area contributed by atoms with Crippen molar-refractivity contribution in [1.29, 1.82) is 0 Å². The summed E-state index contributed by atoms with van der Waals surface area (Å²) in [6.45, 7) is 1.52. The van der Waals surface area contributed by atoms with E-state index in [1.54, 1.807) is 0 Å². The summed E-state index contributed by atoms with van der Waals surface area (Å²) in [7, 11) is 0. The van der Waals surface area contributed by atoms with Gasteiger partial charge in [0.1, 0.15) is 5.83 Å². The smallest absolute Gasteiger partial charge is 0.211 e. The average Bonchev–Trinajstić information content (AvgIpc) is 2.37. The first-order valence-corrected chi connectivity index (χ1v) is 4.92. The van der Waals surface area contributed by atoms with Crippen LogP contribution in [0.2, 0.25) is 0 Å². The van der Waals surface area contributed by atoms with Gasteiger partial charge in [-0.15, -0.1) is 4.91 Å². The molecule has 0 amide bonds. The van der Waals surface area contributed by atoms with Crippen molar-refractivity contribution in [3.63, 3.8) is 0 Å². The van der Waals surface area contributed by atoms with E-state index in [0.717, 1.165) is 0 Å². The highest BCUT2D eigenvalue weighted by atomic mass is 19.3. The van der Waals surface area contributed by atoms with Gasteiger partial charge >= 0.3 is 0 Å². The zero-order valence-corrected chi connectivity index (χ0v) is 8.64. The van der Waals surface area contributed by atoms with Crippen LogP contribution >= 0.6 is 0 Å². The Balaban J connectivity index is 2.57. The topological polar surface area (TPSA) is 29.4 Å². The van der Waals surface area contributed by atoms with Crippen LogP contribution in [0.3, 0.4) is 0 Å². The lowest BCUT2D eigenvalue weighted by Crippen LogP contribution is -2.26. The quantitative estimate of drug-likeness (QED) is 0.631. The predicted molar refractivity (Wildman–Crippen MR) is 53.7 cm³/mol. The van der Waals surface area contributed by atoms with E-state index >= 15 is 0 Å². The first-order valence-electron chi connectivity index (χ1n) is 4.92. The van der Waals surface area contributed by atoms with Gasteiger partial charge in [0.25, 0.3) is 5.92 Å². The molecule has 0 aromatic carbocycles. The molecule has 2 nitrogen and oxygen atoms in total. The van der Waals surface area contributed by atoms with Crippen LogP contribution in [0.15, 0.2) is 39.9 Å². The van der Waals surface area contributed by atoms with Gasteiger partial charge in [0.15, 0.2) is 6.04 Å². The third kappa shape index (κ3) is 1.60. The number of nitroso groups, excluding NO2 is 1. The number of halogens is 3. The van der Waals surface area contributed by atoms with Gasteiger partial charge < -0.3 is 0 Å². The molecule has 0 N–H and O–H groups in total. The number of fused-ring (bicyclic) bond motifs is 1. The lowest BCUT2D eigenvalue weighted by Gasteiger charge is -2.12. The molecule has 16 heavy (non-hydrogen) atoms.